The molecular weight excluding hydrogens is 334 g/mol. The summed E-state index contributed by atoms with van der Waals surface area (Å²) in [6.07, 6.45) is 1.97. The lowest BCUT2D eigenvalue weighted by molar-refractivity contribution is 0.290. The highest BCUT2D eigenvalue weighted by Gasteiger charge is 2.45. The van der Waals surface area contributed by atoms with E-state index in [2.05, 4.69) is 65.0 Å². The summed E-state index contributed by atoms with van der Waals surface area (Å²) in [5.74, 6) is 1.39. The van der Waals surface area contributed by atoms with Crippen LogP contribution in [-0.4, -0.2) is 44.0 Å². The predicted octanol–water partition coefficient (Wildman–Crippen LogP) is 3.39. The van der Waals surface area contributed by atoms with Crippen LogP contribution in [0.1, 0.15) is 61.8 Å². The Morgan fingerprint density at radius 1 is 1.16 bits per heavy atom. The molecule has 0 radical (unpaired) electrons. The van der Waals surface area contributed by atoms with Crippen molar-refractivity contribution in [1.82, 2.24) is 9.62 Å². The molecule has 0 unspecified atom stereocenters. The number of nitrogens with one attached hydrogen (secondary N) is 1. The van der Waals surface area contributed by atoms with Gasteiger partial charge in [-0.05, 0) is 16.4 Å². The van der Waals surface area contributed by atoms with Crippen LogP contribution < -0.4 is 4.72 Å². The zero-order valence-corrected chi connectivity index (χ0v) is 18.1. The molecule has 0 saturated carbocycles. The molecule has 0 aromatic heterocycles. The van der Waals surface area contributed by atoms with Crippen molar-refractivity contribution in [2.45, 2.75) is 73.9 Å². The maximum Gasteiger partial charge on any atom is 0.209 e. The second-order valence-electron chi connectivity index (χ2n) is 9.92. The average molecular weight is 370 g/mol. The zero-order chi connectivity index (χ0) is 19.4. The van der Waals surface area contributed by atoms with Crippen LogP contribution in [0.25, 0.3) is 0 Å². The third-order valence-electron chi connectivity index (χ3n) is 4.82. The molecule has 1 fully saturated rings. The molecule has 0 aromatic rings. The van der Waals surface area contributed by atoms with Crippen molar-refractivity contribution < 1.29 is 8.42 Å². The number of rotatable bonds is 3. The van der Waals surface area contributed by atoms with E-state index in [0.717, 1.165) is 12.3 Å². The molecule has 2 heterocycles. The first-order valence-corrected chi connectivity index (χ1v) is 11.1. The summed E-state index contributed by atoms with van der Waals surface area (Å²) in [6.45, 7) is 18.4. The number of hydrogen-bond acceptors (Lipinski definition) is 4. The van der Waals surface area contributed by atoms with Crippen LogP contribution in [0.5, 0.6) is 0 Å². The number of hydrogen-bond donors (Lipinski definition) is 1. The molecule has 0 aromatic carbocycles. The van der Waals surface area contributed by atoms with E-state index in [1.165, 1.54) is 17.5 Å². The molecule has 144 valence electrons. The first-order valence-electron chi connectivity index (χ1n) is 9.17. The van der Waals surface area contributed by atoms with Gasteiger partial charge in [-0.3, -0.25) is 4.99 Å². The Bertz CT molecular complexity index is 691. The Labute approximate surface area is 154 Å². The Hall–Kier alpha value is -0.880. The Kier molecular flexibility index (Phi) is 5.21. The van der Waals surface area contributed by atoms with Crippen LogP contribution in [0.2, 0.25) is 0 Å². The van der Waals surface area contributed by atoms with E-state index in [0.29, 0.717) is 12.5 Å². The molecule has 0 aliphatic carbocycles. The third kappa shape index (κ3) is 4.45. The Morgan fingerprint density at radius 2 is 1.72 bits per heavy atom. The van der Waals surface area contributed by atoms with Crippen molar-refractivity contribution in [2.75, 3.05) is 12.8 Å². The number of nitrogens with zero attached hydrogens (tertiary/aromatic N) is 2. The maximum absolute atomic E-state index is 11.7. The van der Waals surface area contributed by atoms with E-state index in [-0.39, 0.29) is 22.9 Å². The van der Waals surface area contributed by atoms with Gasteiger partial charge in [0.25, 0.3) is 0 Å². The van der Waals surface area contributed by atoms with Crippen LogP contribution in [0, 0.1) is 16.7 Å². The molecule has 0 spiro atoms. The van der Waals surface area contributed by atoms with E-state index in [4.69, 9.17) is 4.99 Å². The summed E-state index contributed by atoms with van der Waals surface area (Å²) in [5.41, 5.74) is 2.62. The summed E-state index contributed by atoms with van der Waals surface area (Å²) >= 11 is 0. The molecule has 2 rings (SSSR count). The van der Waals surface area contributed by atoms with Crippen molar-refractivity contribution >= 4 is 15.9 Å². The SMILES string of the molecule is CC(C)C1=N[C@@H](C(C)(C)C)C(C(C)(C)C)=C2C[C@@H](NS(C)(=O)=O)CN12. The van der Waals surface area contributed by atoms with Crippen LogP contribution in [0.15, 0.2) is 16.3 Å². The highest BCUT2D eigenvalue weighted by atomic mass is 32.2. The zero-order valence-electron chi connectivity index (χ0n) is 17.3. The van der Waals surface area contributed by atoms with Gasteiger partial charge in [-0.1, -0.05) is 55.4 Å². The van der Waals surface area contributed by atoms with Gasteiger partial charge >= 0.3 is 0 Å². The van der Waals surface area contributed by atoms with Gasteiger partial charge in [-0.15, -0.1) is 0 Å². The quantitative estimate of drug-likeness (QED) is 0.829. The number of amidine groups is 1. The number of sulfonamides is 1. The fraction of sp³-hybridized carbons (Fsp3) is 0.842. The molecule has 2 aliphatic rings. The summed E-state index contributed by atoms with van der Waals surface area (Å²) in [4.78, 5) is 7.46. The normalized spacial score (nSPS) is 25.5. The third-order valence-corrected chi connectivity index (χ3v) is 5.58. The summed E-state index contributed by atoms with van der Waals surface area (Å²) < 4.78 is 26.3. The lowest BCUT2D eigenvalue weighted by atomic mass is 9.71. The van der Waals surface area contributed by atoms with Crippen molar-refractivity contribution in [3.05, 3.63) is 11.3 Å². The van der Waals surface area contributed by atoms with Gasteiger partial charge in [0.1, 0.15) is 5.84 Å². The van der Waals surface area contributed by atoms with E-state index < -0.39 is 10.0 Å². The Balaban J connectivity index is 2.58. The van der Waals surface area contributed by atoms with Gasteiger partial charge in [0.05, 0.1) is 12.3 Å². The second-order valence-corrected chi connectivity index (χ2v) is 11.7. The second kappa shape index (κ2) is 6.38. The molecule has 1 N–H and O–H groups in total. The lowest BCUT2D eigenvalue weighted by Gasteiger charge is -2.44. The number of aliphatic imine (C=N–C) groups is 1. The standard InChI is InChI=1S/C19H35N3O2S/c1-12(2)17-20-16(19(6,7)8)15(18(3,4)5)14-10-13(11-22(14)17)21-25(9,23)24/h12-13,16,21H,10-11H2,1-9H3/t13-,16-/m1/s1. The summed E-state index contributed by atoms with van der Waals surface area (Å²) in [5, 5.41) is 0. The van der Waals surface area contributed by atoms with Crippen LogP contribution in [0.3, 0.4) is 0 Å². The van der Waals surface area contributed by atoms with Crippen LogP contribution >= 0.6 is 0 Å². The average Bonchev–Trinajstić information content (AvgIpc) is 2.73. The lowest BCUT2D eigenvalue weighted by Crippen LogP contribution is -2.45. The summed E-state index contributed by atoms with van der Waals surface area (Å²) in [6, 6.07) is 0.0261. The molecule has 2 aliphatic heterocycles. The highest BCUT2D eigenvalue weighted by Crippen LogP contribution is 2.46. The van der Waals surface area contributed by atoms with Gasteiger partial charge in [0.2, 0.25) is 10.0 Å². The predicted molar refractivity (Wildman–Crippen MR) is 105 cm³/mol. The number of fused-ring (bicyclic) bond motifs is 1. The minimum Gasteiger partial charge on any atom is -0.332 e. The fourth-order valence-corrected chi connectivity index (χ4v) is 4.73. The van der Waals surface area contributed by atoms with Gasteiger partial charge in [-0.2, -0.15) is 0 Å². The molecular formula is C19H35N3O2S. The highest BCUT2D eigenvalue weighted by molar-refractivity contribution is 7.88. The largest absolute Gasteiger partial charge is 0.332 e. The smallest absolute Gasteiger partial charge is 0.209 e. The molecule has 5 nitrogen and oxygen atoms in total. The van der Waals surface area contributed by atoms with E-state index in [9.17, 15) is 8.42 Å². The van der Waals surface area contributed by atoms with Crippen molar-refractivity contribution in [1.29, 1.82) is 0 Å². The van der Waals surface area contributed by atoms with E-state index >= 15 is 0 Å². The monoisotopic (exact) mass is 369 g/mol. The Morgan fingerprint density at radius 3 is 2.12 bits per heavy atom. The molecule has 6 heteroatoms. The van der Waals surface area contributed by atoms with Crippen LogP contribution in [-0.2, 0) is 10.0 Å². The van der Waals surface area contributed by atoms with Crippen molar-refractivity contribution in [2.24, 2.45) is 21.7 Å². The van der Waals surface area contributed by atoms with Gasteiger partial charge in [-0.25, -0.2) is 13.1 Å². The van der Waals surface area contributed by atoms with Crippen molar-refractivity contribution in [3.8, 4) is 0 Å². The first kappa shape index (κ1) is 20.4. The molecule has 0 amide bonds. The first-order chi connectivity index (χ1) is 11.1. The van der Waals surface area contributed by atoms with Crippen molar-refractivity contribution in [3.63, 3.8) is 0 Å². The van der Waals surface area contributed by atoms with Gasteiger partial charge in [0.15, 0.2) is 0 Å². The van der Waals surface area contributed by atoms with Gasteiger partial charge in [0, 0.05) is 30.6 Å². The topological polar surface area (TPSA) is 61.8 Å². The van der Waals surface area contributed by atoms with Gasteiger partial charge < -0.3 is 4.90 Å². The van der Waals surface area contributed by atoms with E-state index in [1.807, 2.05) is 0 Å². The minimum absolute atomic E-state index is 0.0164. The van der Waals surface area contributed by atoms with E-state index in [1.54, 1.807) is 0 Å². The molecule has 2 atom stereocenters. The fourth-order valence-electron chi connectivity index (χ4n) is 3.96. The van der Waals surface area contributed by atoms with Crippen LogP contribution in [0.4, 0.5) is 0 Å². The molecule has 25 heavy (non-hydrogen) atoms. The molecule has 1 saturated heterocycles. The maximum atomic E-state index is 11.7. The summed E-state index contributed by atoms with van der Waals surface area (Å²) in [7, 11) is -3.22. The molecule has 0 bridgehead atoms. The minimum atomic E-state index is -3.22.